The summed E-state index contributed by atoms with van der Waals surface area (Å²) in [6, 6.07) is 14.3. The van der Waals surface area contributed by atoms with Crippen molar-refractivity contribution in [3.63, 3.8) is 0 Å². The quantitative estimate of drug-likeness (QED) is 0.381. The van der Waals surface area contributed by atoms with E-state index in [1.807, 2.05) is 36.0 Å². The molecule has 2 aliphatic carbocycles. The predicted molar refractivity (Wildman–Crippen MR) is 61.0 cm³/mol. The van der Waals surface area contributed by atoms with Crippen molar-refractivity contribution in [3.8, 4) is 23.5 Å². The molecule has 0 aromatic carbocycles. The summed E-state index contributed by atoms with van der Waals surface area (Å²) < 4.78 is 1.90. The molecule has 0 atom stereocenters. The Morgan fingerprint density at radius 1 is 1.00 bits per heavy atom. The predicted octanol–water partition coefficient (Wildman–Crippen LogP) is 2.16. The molecular weight excluding hydrogens is 182 g/mol. The van der Waals surface area contributed by atoms with Gasteiger partial charge < -0.3 is 0 Å². The highest BCUT2D eigenvalue weighted by atomic mass is 14.9. The van der Waals surface area contributed by atoms with Crippen LogP contribution >= 0.6 is 0 Å². The van der Waals surface area contributed by atoms with Crippen LogP contribution in [0.3, 0.4) is 0 Å². The molecule has 2 aliphatic rings. The Morgan fingerprint density at radius 2 is 1.60 bits per heavy atom. The van der Waals surface area contributed by atoms with E-state index in [1.165, 1.54) is 11.1 Å². The molecule has 0 unspecified atom stereocenters. The van der Waals surface area contributed by atoms with Crippen LogP contribution in [0.2, 0.25) is 0 Å². The normalized spacial score (nSPS) is 9.60. The summed E-state index contributed by atoms with van der Waals surface area (Å²) in [7, 11) is 1.93. The maximum absolute atomic E-state index is 5.18. The minimum absolute atomic E-state index is 0.900. The lowest BCUT2D eigenvalue weighted by atomic mass is 9.95. The molecule has 1 heteroatoms. The van der Waals surface area contributed by atoms with Crippen molar-refractivity contribution in [3.05, 3.63) is 54.4 Å². The second-order valence-electron chi connectivity index (χ2n) is 3.42. The lowest BCUT2D eigenvalue weighted by molar-refractivity contribution is -0.673. The van der Waals surface area contributed by atoms with Crippen LogP contribution in [0.4, 0.5) is 0 Å². The van der Waals surface area contributed by atoms with Gasteiger partial charge in [0.1, 0.15) is 7.05 Å². The molecule has 72 valence electrons. The zero-order chi connectivity index (χ0) is 10.7. The van der Waals surface area contributed by atoms with Gasteiger partial charge in [-0.05, 0) is 23.1 Å². The fourth-order valence-electron chi connectivity index (χ4n) is 1.34. The minimum Gasteiger partial charge on any atom is -0.194 e. The van der Waals surface area contributed by atoms with Gasteiger partial charge in [0.15, 0.2) is 6.20 Å². The van der Waals surface area contributed by atoms with Crippen molar-refractivity contribution in [1.82, 2.24) is 0 Å². The molecule has 0 N–H and O–H groups in total. The maximum atomic E-state index is 5.18. The van der Waals surface area contributed by atoms with Crippen LogP contribution in [0.25, 0.3) is 11.1 Å². The first-order valence-electron chi connectivity index (χ1n) is 4.83. The number of aromatic nitrogens is 1. The molecule has 0 amide bonds. The van der Waals surface area contributed by atoms with Gasteiger partial charge in [-0.2, -0.15) is 4.57 Å². The SMILES string of the molecule is C#Cc1cccc[n+]1C.c1cc2ccc1-2. The number of fused-ring (bicyclic) bond motifs is 1. The average molecular weight is 194 g/mol. The second-order valence-corrected chi connectivity index (χ2v) is 3.42. The van der Waals surface area contributed by atoms with Crippen LogP contribution in [-0.2, 0) is 7.05 Å². The third-order valence-electron chi connectivity index (χ3n) is 2.42. The van der Waals surface area contributed by atoms with Crippen LogP contribution in [-0.4, -0.2) is 0 Å². The molecule has 1 nitrogen and oxygen atoms in total. The summed E-state index contributed by atoms with van der Waals surface area (Å²) in [5.41, 5.74) is 3.75. The fourth-order valence-corrected chi connectivity index (χ4v) is 1.34. The molecule has 0 saturated heterocycles. The van der Waals surface area contributed by atoms with Crippen molar-refractivity contribution in [2.24, 2.45) is 7.05 Å². The zero-order valence-electron chi connectivity index (χ0n) is 8.64. The van der Waals surface area contributed by atoms with Gasteiger partial charge in [0, 0.05) is 12.1 Å². The third kappa shape index (κ3) is 1.89. The van der Waals surface area contributed by atoms with Gasteiger partial charge in [-0.1, -0.05) is 24.3 Å². The summed E-state index contributed by atoms with van der Waals surface area (Å²) in [4.78, 5) is 0. The maximum Gasteiger partial charge on any atom is 0.256 e. The zero-order valence-corrected chi connectivity index (χ0v) is 8.64. The molecule has 0 radical (unpaired) electrons. The fraction of sp³-hybridized carbons (Fsp3) is 0.0714. The van der Waals surface area contributed by atoms with Crippen molar-refractivity contribution in [1.29, 1.82) is 0 Å². The molecule has 1 aromatic rings. The number of benzene rings is 1. The second kappa shape index (κ2) is 3.98. The van der Waals surface area contributed by atoms with Crippen molar-refractivity contribution >= 4 is 0 Å². The molecule has 0 fully saturated rings. The van der Waals surface area contributed by atoms with Gasteiger partial charge in [-0.15, -0.1) is 6.42 Å². The van der Waals surface area contributed by atoms with Crippen molar-refractivity contribution in [2.45, 2.75) is 0 Å². The summed E-state index contributed by atoms with van der Waals surface area (Å²) in [5.74, 6) is 2.56. The van der Waals surface area contributed by atoms with E-state index in [1.54, 1.807) is 0 Å². The van der Waals surface area contributed by atoms with Crippen LogP contribution in [0.15, 0.2) is 48.7 Å². The van der Waals surface area contributed by atoms with Gasteiger partial charge in [0.2, 0.25) is 0 Å². The summed E-state index contributed by atoms with van der Waals surface area (Å²) >= 11 is 0. The number of pyridine rings is 1. The molecule has 0 aliphatic heterocycles. The number of hydrogen-bond acceptors (Lipinski definition) is 0. The molecule has 0 bridgehead atoms. The molecule has 0 spiro atoms. The van der Waals surface area contributed by atoms with Gasteiger partial charge >= 0.3 is 0 Å². The summed E-state index contributed by atoms with van der Waals surface area (Å²) in [6.45, 7) is 0. The lowest BCUT2D eigenvalue weighted by Gasteiger charge is -2.10. The van der Waals surface area contributed by atoms with E-state index in [9.17, 15) is 0 Å². The summed E-state index contributed by atoms with van der Waals surface area (Å²) in [6.07, 6.45) is 7.11. The Kier molecular flexibility index (Phi) is 2.51. The van der Waals surface area contributed by atoms with Crippen LogP contribution in [0.5, 0.6) is 0 Å². The van der Waals surface area contributed by atoms with E-state index in [0.29, 0.717) is 0 Å². The van der Waals surface area contributed by atoms with Crippen molar-refractivity contribution in [2.75, 3.05) is 0 Å². The molecule has 15 heavy (non-hydrogen) atoms. The van der Waals surface area contributed by atoms with E-state index in [2.05, 4.69) is 30.2 Å². The Morgan fingerprint density at radius 3 is 1.87 bits per heavy atom. The van der Waals surface area contributed by atoms with E-state index >= 15 is 0 Å². The Bertz CT molecular complexity index is 483. The number of aryl methyl sites for hydroxylation is 1. The molecule has 1 aromatic heterocycles. The van der Waals surface area contributed by atoms with Crippen LogP contribution in [0, 0.1) is 12.3 Å². The van der Waals surface area contributed by atoms with Crippen LogP contribution in [0.1, 0.15) is 5.69 Å². The van der Waals surface area contributed by atoms with E-state index in [-0.39, 0.29) is 0 Å². The van der Waals surface area contributed by atoms with Crippen LogP contribution < -0.4 is 4.57 Å². The standard InChI is InChI=1S/C8H8N.C6H4/c1-3-8-6-4-5-7-9(8)2;1-2-6-4-3-5(1)6/h1,4-7H,2H3;1-4H/q+1;. The Balaban J connectivity index is 0.000000121. The average Bonchev–Trinajstić information content (AvgIpc) is 2.25. The lowest BCUT2D eigenvalue weighted by Crippen LogP contribution is -2.30. The first kappa shape index (κ1) is 9.48. The van der Waals surface area contributed by atoms with Gasteiger partial charge in [0.05, 0.1) is 0 Å². The smallest absolute Gasteiger partial charge is 0.194 e. The topological polar surface area (TPSA) is 3.88 Å². The first-order valence-corrected chi connectivity index (χ1v) is 4.83. The highest BCUT2D eigenvalue weighted by molar-refractivity contribution is 5.75. The first-order chi connectivity index (χ1) is 7.31. The van der Waals surface area contributed by atoms with E-state index in [4.69, 9.17) is 6.42 Å². The van der Waals surface area contributed by atoms with Gasteiger partial charge in [0.25, 0.3) is 5.69 Å². The van der Waals surface area contributed by atoms with Gasteiger partial charge in [-0.3, -0.25) is 0 Å². The third-order valence-corrected chi connectivity index (χ3v) is 2.42. The number of hydrogen-bond donors (Lipinski definition) is 0. The number of terminal acetylenes is 1. The largest absolute Gasteiger partial charge is 0.256 e. The Labute approximate surface area is 90.0 Å². The monoisotopic (exact) mass is 194 g/mol. The number of rotatable bonds is 0. The van der Waals surface area contributed by atoms with E-state index in [0.717, 1.165) is 5.69 Å². The Hall–Kier alpha value is -2.07. The molecule has 3 rings (SSSR count). The highest BCUT2D eigenvalue weighted by Gasteiger charge is 2.03. The van der Waals surface area contributed by atoms with Gasteiger partial charge in [-0.25, -0.2) is 0 Å². The van der Waals surface area contributed by atoms with E-state index < -0.39 is 0 Å². The number of nitrogens with zero attached hydrogens (tertiary/aromatic N) is 1. The molecule has 0 saturated carbocycles. The summed E-state index contributed by atoms with van der Waals surface area (Å²) in [5, 5.41) is 0. The molecule has 1 heterocycles. The van der Waals surface area contributed by atoms with Crippen molar-refractivity contribution < 1.29 is 4.57 Å². The molecular formula is C14H12N+. The highest BCUT2D eigenvalue weighted by Crippen LogP contribution is 2.29. The minimum atomic E-state index is 0.900.